The third kappa shape index (κ3) is 4.65. The number of benzene rings is 1. The zero-order valence-electron chi connectivity index (χ0n) is 13.5. The Kier molecular flexibility index (Phi) is 6.32. The Labute approximate surface area is 140 Å². The minimum Gasteiger partial charge on any atom is -0.479 e. The van der Waals surface area contributed by atoms with Crippen molar-refractivity contribution in [3.05, 3.63) is 34.3 Å². The summed E-state index contributed by atoms with van der Waals surface area (Å²) < 4.78 is 6.34. The summed E-state index contributed by atoms with van der Waals surface area (Å²) in [5.41, 5.74) is -0.852. The van der Waals surface area contributed by atoms with Gasteiger partial charge in [0.1, 0.15) is 5.78 Å². The number of halogens is 1. The molecule has 4 nitrogen and oxygen atoms in total. The van der Waals surface area contributed by atoms with E-state index in [-0.39, 0.29) is 5.78 Å². The van der Waals surface area contributed by atoms with Crippen LogP contribution in [0.2, 0.25) is 0 Å². The zero-order valence-corrected chi connectivity index (χ0v) is 15.1. The number of ketones is 1. The molecule has 0 aromatic heterocycles. The van der Waals surface area contributed by atoms with Crippen molar-refractivity contribution >= 4 is 27.7 Å². The summed E-state index contributed by atoms with van der Waals surface area (Å²) in [6.45, 7) is 6.85. The second kappa shape index (κ2) is 7.38. The largest absolute Gasteiger partial charge is 0.479 e. The molecule has 1 atom stereocenters. The summed E-state index contributed by atoms with van der Waals surface area (Å²) in [4.78, 5) is 23.1. The van der Waals surface area contributed by atoms with Crippen LogP contribution in [0.4, 0.5) is 0 Å². The van der Waals surface area contributed by atoms with Crippen molar-refractivity contribution in [2.24, 2.45) is 0 Å². The summed E-state index contributed by atoms with van der Waals surface area (Å²) in [6.07, 6.45) is 1.22. The highest BCUT2D eigenvalue weighted by Gasteiger charge is 2.32. The van der Waals surface area contributed by atoms with Crippen LogP contribution in [0.3, 0.4) is 0 Å². The quantitative estimate of drug-likeness (QED) is 0.703. The lowest BCUT2D eigenvalue weighted by atomic mass is 9.75. The highest BCUT2D eigenvalue weighted by atomic mass is 79.9. The number of carboxylic acids is 1. The molecule has 0 bridgehead atoms. The summed E-state index contributed by atoms with van der Waals surface area (Å²) in [6, 6.07) is 7.71. The Hall–Kier alpha value is -1.20. The zero-order chi connectivity index (χ0) is 17.0. The Morgan fingerprint density at radius 3 is 2.41 bits per heavy atom. The molecule has 0 amide bonds. The predicted molar refractivity (Wildman–Crippen MR) is 89.1 cm³/mol. The van der Waals surface area contributed by atoms with E-state index >= 15 is 0 Å². The SMILES string of the molecule is CC(=O)C(C)(CCCOC(C)(C)C(=O)O)c1cccc(Br)c1. The molecule has 1 aromatic rings. The number of ether oxygens (including phenoxy) is 1. The van der Waals surface area contributed by atoms with Gasteiger partial charge in [0.2, 0.25) is 0 Å². The van der Waals surface area contributed by atoms with Crippen LogP contribution in [-0.2, 0) is 19.7 Å². The number of Topliss-reactive ketones (excluding diaryl/α,β-unsaturated/α-hetero) is 1. The Morgan fingerprint density at radius 1 is 1.27 bits per heavy atom. The molecule has 0 spiro atoms. The molecule has 0 saturated carbocycles. The molecule has 0 saturated heterocycles. The smallest absolute Gasteiger partial charge is 0.335 e. The van der Waals surface area contributed by atoms with E-state index in [4.69, 9.17) is 9.84 Å². The van der Waals surface area contributed by atoms with Crippen molar-refractivity contribution in [1.29, 1.82) is 0 Å². The maximum atomic E-state index is 12.1. The van der Waals surface area contributed by atoms with Gasteiger partial charge in [0.05, 0.1) is 5.41 Å². The van der Waals surface area contributed by atoms with E-state index < -0.39 is 17.0 Å². The number of rotatable bonds is 8. The number of aliphatic carboxylic acids is 1. The average Bonchev–Trinajstić information content (AvgIpc) is 2.43. The van der Waals surface area contributed by atoms with Crippen molar-refractivity contribution in [2.75, 3.05) is 6.61 Å². The van der Waals surface area contributed by atoms with Crippen molar-refractivity contribution in [3.63, 3.8) is 0 Å². The van der Waals surface area contributed by atoms with Gasteiger partial charge in [-0.15, -0.1) is 0 Å². The second-order valence-corrected chi connectivity index (χ2v) is 7.08. The molecule has 0 aliphatic heterocycles. The van der Waals surface area contributed by atoms with E-state index in [2.05, 4.69) is 15.9 Å². The predicted octanol–water partition coefficient (Wildman–Crippen LogP) is 3.96. The van der Waals surface area contributed by atoms with Crippen LogP contribution in [-0.4, -0.2) is 29.1 Å². The standard InChI is InChI=1S/C17H23BrO4/c1-12(19)17(4,13-7-5-8-14(18)11-13)9-6-10-22-16(2,3)15(20)21/h5,7-8,11H,6,9-10H2,1-4H3,(H,20,21). The number of carbonyl (C=O) groups is 2. The molecule has 0 aliphatic rings. The normalized spacial score (nSPS) is 14.4. The van der Waals surface area contributed by atoms with E-state index in [0.717, 1.165) is 10.0 Å². The fourth-order valence-corrected chi connectivity index (χ4v) is 2.57. The average molecular weight is 371 g/mol. The number of carboxylic acid groups (broad SMARTS) is 1. The fourth-order valence-electron chi connectivity index (χ4n) is 2.17. The Bertz CT molecular complexity index is 553. The Balaban J connectivity index is 2.74. The fraction of sp³-hybridized carbons (Fsp3) is 0.529. The number of carbonyl (C=O) groups excluding carboxylic acids is 1. The first-order valence-electron chi connectivity index (χ1n) is 7.24. The number of hydrogen-bond acceptors (Lipinski definition) is 3. The monoisotopic (exact) mass is 370 g/mol. The molecule has 122 valence electrons. The van der Waals surface area contributed by atoms with Crippen LogP contribution in [0, 0.1) is 0 Å². The van der Waals surface area contributed by atoms with Gasteiger partial charge in [-0.25, -0.2) is 4.79 Å². The molecule has 0 heterocycles. The maximum Gasteiger partial charge on any atom is 0.335 e. The Morgan fingerprint density at radius 2 is 1.91 bits per heavy atom. The minimum atomic E-state index is -1.21. The molecule has 1 rings (SSSR count). The van der Waals surface area contributed by atoms with Gasteiger partial charge in [0.15, 0.2) is 5.60 Å². The molecule has 1 aromatic carbocycles. The van der Waals surface area contributed by atoms with Crippen molar-refractivity contribution < 1.29 is 19.4 Å². The van der Waals surface area contributed by atoms with Crippen LogP contribution >= 0.6 is 15.9 Å². The first kappa shape index (κ1) is 18.8. The summed E-state index contributed by atoms with van der Waals surface area (Å²) >= 11 is 3.43. The van der Waals surface area contributed by atoms with Gasteiger partial charge in [0, 0.05) is 11.1 Å². The van der Waals surface area contributed by atoms with Crippen LogP contribution < -0.4 is 0 Å². The number of hydrogen-bond donors (Lipinski definition) is 1. The van der Waals surface area contributed by atoms with Gasteiger partial charge >= 0.3 is 5.97 Å². The van der Waals surface area contributed by atoms with Crippen molar-refractivity contribution in [2.45, 2.75) is 51.6 Å². The molecular formula is C17H23BrO4. The molecule has 5 heteroatoms. The first-order valence-corrected chi connectivity index (χ1v) is 8.03. The second-order valence-electron chi connectivity index (χ2n) is 6.17. The van der Waals surface area contributed by atoms with E-state index in [1.54, 1.807) is 6.92 Å². The molecule has 0 radical (unpaired) electrons. The van der Waals surface area contributed by atoms with Gasteiger partial charge in [-0.3, -0.25) is 4.79 Å². The first-order chi connectivity index (χ1) is 10.1. The van der Waals surface area contributed by atoms with E-state index in [0.29, 0.717) is 19.4 Å². The minimum absolute atomic E-state index is 0.0862. The molecule has 1 N–H and O–H groups in total. The van der Waals surface area contributed by atoms with Crippen LogP contribution in [0.25, 0.3) is 0 Å². The molecule has 1 unspecified atom stereocenters. The third-order valence-corrected chi connectivity index (χ3v) is 4.53. The van der Waals surface area contributed by atoms with Gasteiger partial charge in [-0.05, 0) is 58.2 Å². The van der Waals surface area contributed by atoms with Gasteiger partial charge < -0.3 is 9.84 Å². The molecule has 0 aliphatic carbocycles. The van der Waals surface area contributed by atoms with Crippen molar-refractivity contribution in [3.8, 4) is 0 Å². The lowest BCUT2D eigenvalue weighted by Gasteiger charge is -2.28. The van der Waals surface area contributed by atoms with E-state index in [1.807, 2.05) is 31.2 Å². The van der Waals surface area contributed by atoms with Crippen LogP contribution in [0.5, 0.6) is 0 Å². The van der Waals surface area contributed by atoms with Gasteiger partial charge in [-0.1, -0.05) is 28.1 Å². The summed E-state index contributed by atoms with van der Waals surface area (Å²) in [5.74, 6) is -0.906. The third-order valence-electron chi connectivity index (χ3n) is 4.04. The van der Waals surface area contributed by atoms with Crippen molar-refractivity contribution in [1.82, 2.24) is 0 Å². The molecular weight excluding hydrogens is 348 g/mol. The van der Waals surface area contributed by atoms with Gasteiger partial charge in [0.25, 0.3) is 0 Å². The molecule has 22 heavy (non-hydrogen) atoms. The van der Waals surface area contributed by atoms with Crippen LogP contribution in [0.15, 0.2) is 28.7 Å². The topological polar surface area (TPSA) is 63.6 Å². The highest BCUT2D eigenvalue weighted by molar-refractivity contribution is 9.10. The van der Waals surface area contributed by atoms with Gasteiger partial charge in [-0.2, -0.15) is 0 Å². The highest BCUT2D eigenvalue weighted by Crippen LogP contribution is 2.32. The molecule has 0 fully saturated rings. The van der Waals surface area contributed by atoms with E-state index in [1.165, 1.54) is 13.8 Å². The van der Waals surface area contributed by atoms with E-state index in [9.17, 15) is 9.59 Å². The summed E-state index contributed by atoms with van der Waals surface area (Å²) in [7, 11) is 0. The lowest BCUT2D eigenvalue weighted by molar-refractivity contribution is -0.161. The summed E-state index contributed by atoms with van der Waals surface area (Å²) in [5, 5.41) is 9.01. The lowest BCUT2D eigenvalue weighted by Crippen LogP contribution is -2.36. The maximum absolute atomic E-state index is 12.1. The van der Waals surface area contributed by atoms with Crippen LogP contribution in [0.1, 0.15) is 46.1 Å².